The number of hydrogen-bond donors (Lipinski definition) is 1. The fourth-order valence-electron chi connectivity index (χ4n) is 1.62. The molecule has 2 aromatic rings. The highest BCUT2D eigenvalue weighted by Crippen LogP contribution is 2.28. The summed E-state index contributed by atoms with van der Waals surface area (Å²) in [5.74, 6) is 0. The van der Waals surface area contributed by atoms with Crippen molar-refractivity contribution in [1.82, 2.24) is 0 Å². The van der Waals surface area contributed by atoms with E-state index in [1.165, 1.54) is 4.88 Å². The second kappa shape index (κ2) is 6.14. The van der Waals surface area contributed by atoms with Crippen LogP contribution in [0.2, 0.25) is 0 Å². The lowest BCUT2D eigenvalue weighted by Crippen LogP contribution is -1.99. The maximum atomic E-state index is 10.1. The van der Waals surface area contributed by atoms with Crippen molar-refractivity contribution >= 4 is 43.2 Å². The quantitative estimate of drug-likeness (QED) is 0.802. The van der Waals surface area contributed by atoms with Crippen molar-refractivity contribution in [3.63, 3.8) is 0 Å². The van der Waals surface area contributed by atoms with Gasteiger partial charge in [0.2, 0.25) is 0 Å². The molecule has 1 atom stereocenters. The first-order valence-corrected chi connectivity index (χ1v) is 7.79. The molecule has 1 aromatic carbocycles. The molecule has 1 unspecified atom stereocenters. The molecule has 0 amide bonds. The van der Waals surface area contributed by atoms with E-state index >= 15 is 0 Å². The Labute approximate surface area is 122 Å². The van der Waals surface area contributed by atoms with Gasteiger partial charge in [0.05, 0.1) is 6.10 Å². The molecule has 1 aromatic heterocycles. The first kappa shape index (κ1) is 13.3. The van der Waals surface area contributed by atoms with E-state index in [2.05, 4.69) is 43.3 Å². The molecule has 0 aliphatic carbocycles. The van der Waals surface area contributed by atoms with Crippen LogP contribution in [0.4, 0.5) is 0 Å². The zero-order valence-electron chi connectivity index (χ0n) is 9.07. The zero-order chi connectivity index (χ0) is 12.3. The van der Waals surface area contributed by atoms with E-state index in [0.29, 0.717) is 0 Å². The van der Waals surface area contributed by atoms with Gasteiger partial charge in [-0.2, -0.15) is 0 Å². The topological polar surface area (TPSA) is 20.2 Å². The number of aliphatic hydroxyl groups excluding tert-OH is 1. The minimum atomic E-state index is -0.401. The Morgan fingerprint density at radius 3 is 2.65 bits per heavy atom. The third-order valence-electron chi connectivity index (χ3n) is 2.57. The van der Waals surface area contributed by atoms with Crippen molar-refractivity contribution < 1.29 is 5.11 Å². The van der Waals surface area contributed by atoms with E-state index in [9.17, 15) is 5.11 Å². The van der Waals surface area contributed by atoms with E-state index in [1.54, 1.807) is 11.3 Å². The maximum Gasteiger partial charge on any atom is 0.0793 e. The van der Waals surface area contributed by atoms with Crippen LogP contribution in [0.15, 0.2) is 44.7 Å². The van der Waals surface area contributed by atoms with E-state index < -0.39 is 6.10 Å². The molecular formula is C13H12Br2OS. The molecule has 1 heterocycles. The van der Waals surface area contributed by atoms with Gasteiger partial charge in [-0.05, 0) is 73.8 Å². The molecular weight excluding hydrogens is 364 g/mol. The van der Waals surface area contributed by atoms with Gasteiger partial charge in [0.1, 0.15) is 0 Å². The van der Waals surface area contributed by atoms with Gasteiger partial charge < -0.3 is 5.11 Å². The molecule has 0 radical (unpaired) electrons. The highest BCUT2D eigenvalue weighted by molar-refractivity contribution is 9.13. The summed E-state index contributed by atoms with van der Waals surface area (Å²) >= 11 is 8.61. The fraction of sp³-hybridized carbons (Fsp3) is 0.231. The van der Waals surface area contributed by atoms with Crippen LogP contribution >= 0.6 is 43.2 Å². The summed E-state index contributed by atoms with van der Waals surface area (Å²) in [7, 11) is 0. The van der Waals surface area contributed by atoms with Crippen molar-refractivity contribution in [2.24, 2.45) is 0 Å². The molecule has 2 rings (SSSR count). The average molecular weight is 376 g/mol. The Morgan fingerprint density at radius 2 is 2.00 bits per heavy atom. The van der Waals surface area contributed by atoms with Gasteiger partial charge in [0, 0.05) is 13.8 Å². The lowest BCUT2D eigenvalue weighted by Gasteiger charge is -2.11. The van der Waals surface area contributed by atoms with E-state index in [0.717, 1.165) is 27.4 Å². The number of aryl methyl sites for hydroxylation is 1. The second-order valence-corrected chi connectivity index (χ2v) is 6.55. The number of aliphatic hydroxyl groups is 1. The van der Waals surface area contributed by atoms with Gasteiger partial charge in [-0.25, -0.2) is 0 Å². The second-order valence-electron chi connectivity index (χ2n) is 3.81. The number of rotatable bonds is 4. The van der Waals surface area contributed by atoms with Crippen molar-refractivity contribution in [3.8, 4) is 0 Å². The largest absolute Gasteiger partial charge is 0.388 e. The van der Waals surface area contributed by atoms with Crippen LogP contribution in [-0.2, 0) is 6.42 Å². The van der Waals surface area contributed by atoms with Gasteiger partial charge >= 0.3 is 0 Å². The summed E-state index contributed by atoms with van der Waals surface area (Å²) in [5, 5.41) is 12.2. The maximum absolute atomic E-state index is 10.1. The zero-order valence-corrected chi connectivity index (χ0v) is 13.1. The molecule has 1 nitrogen and oxygen atoms in total. The van der Waals surface area contributed by atoms with Crippen molar-refractivity contribution in [2.45, 2.75) is 18.9 Å². The monoisotopic (exact) mass is 374 g/mol. The highest BCUT2D eigenvalue weighted by atomic mass is 79.9. The Morgan fingerprint density at radius 1 is 1.18 bits per heavy atom. The van der Waals surface area contributed by atoms with Crippen molar-refractivity contribution in [3.05, 3.63) is 55.1 Å². The third kappa shape index (κ3) is 3.65. The molecule has 17 heavy (non-hydrogen) atoms. The molecule has 90 valence electrons. The molecule has 0 spiro atoms. The summed E-state index contributed by atoms with van der Waals surface area (Å²) in [4.78, 5) is 1.32. The van der Waals surface area contributed by atoms with Gasteiger partial charge in [-0.15, -0.1) is 11.3 Å². The minimum absolute atomic E-state index is 0.401. The van der Waals surface area contributed by atoms with Gasteiger partial charge in [-0.1, -0.05) is 12.1 Å². The summed E-state index contributed by atoms with van der Waals surface area (Å²) in [6, 6.07) is 10.0. The predicted octanol–water partition coefficient (Wildman–Crippen LogP) is 4.94. The molecule has 0 aliphatic rings. The van der Waals surface area contributed by atoms with Crippen molar-refractivity contribution in [1.29, 1.82) is 0 Å². The number of hydrogen-bond acceptors (Lipinski definition) is 2. The molecule has 0 bridgehead atoms. The summed E-state index contributed by atoms with van der Waals surface area (Å²) < 4.78 is 1.98. The summed E-state index contributed by atoms with van der Waals surface area (Å²) in [5.41, 5.74) is 0.955. The van der Waals surface area contributed by atoms with Crippen LogP contribution in [-0.4, -0.2) is 5.11 Å². The predicted molar refractivity (Wildman–Crippen MR) is 79.4 cm³/mol. The molecule has 0 fully saturated rings. The lowest BCUT2D eigenvalue weighted by atomic mass is 10.0. The minimum Gasteiger partial charge on any atom is -0.388 e. The van der Waals surface area contributed by atoms with E-state index in [-0.39, 0.29) is 0 Å². The number of benzene rings is 1. The standard InChI is InChI=1S/C13H12Br2OS/c14-11-5-3-9(8-12(11)15)13(16)6-4-10-2-1-7-17-10/h1-3,5,7-8,13,16H,4,6H2. The average Bonchev–Trinajstić information content (AvgIpc) is 2.82. The molecule has 0 saturated carbocycles. The third-order valence-corrected chi connectivity index (χ3v) is 5.39. The molecule has 1 N–H and O–H groups in total. The smallest absolute Gasteiger partial charge is 0.0793 e. The van der Waals surface area contributed by atoms with Crippen LogP contribution in [0, 0.1) is 0 Å². The van der Waals surface area contributed by atoms with Crippen molar-refractivity contribution in [2.75, 3.05) is 0 Å². The first-order valence-electron chi connectivity index (χ1n) is 5.32. The van der Waals surface area contributed by atoms with Crippen LogP contribution in [0.5, 0.6) is 0 Å². The fourth-order valence-corrected chi connectivity index (χ4v) is 2.99. The highest BCUT2D eigenvalue weighted by Gasteiger charge is 2.09. The van der Waals surface area contributed by atoms with Gasteiger partial charge in [0.25, 0.3) is 0 Å². The number of thiophene rings is 1. The van der Waals surface area contributed by atoms with Gasteiger partial charge in [0.15, 0.2) is 0 Å². The van der Waals surface area contributed by atoms with Crippen LogP contribution in [0.25, 0.3) is 0 Å². The van der Waals surface area contributed by atoms with E-state index in [1.807, 2.05) is 24.3 Å². The Bertz CT molecular complexity index is 482. The molecule has 0 aliphatic heterocycles. The Hall–Kier alpha value is -0.160. The number of halogens is 2. The Balaban J connectivity index is 1.99. The molecule has 0 saturated heterocycles. The normalized spacial score (nSPS) is 12.6. The lowest BCUT2D eigenvalue weighted by molar-refractivity contribution is 0.168. The SMILES string of the molecule is OC(CCc1cccs1)c1ccc(Br)c(Br)c1. The van der Waals surface area contributed by atoms with Crippen LogP contribution in [0.3, 0.4) is 0 Å². The molecule has 4 heteroatoms. The van der Waals surface area contributed by atoms with E-state index in [4.69, 9.17) is 0 Å². The van der Waals surface area contributed by atoms with Crippen LogP contribution < -0.4 is 0 Å². The van der Waals surface area contributed by atoms with Crippen LogP contribution in [0.1, 0.15) is 23.0 Å². The van der Waals surface area contributed by atoms with Gasteiger partial charge in [-0.3, -0.25) is 0 Å². The Kier molecular flexibility index (Phi) is 4.79. The summed E-state index contributed by atoms with van der Waals surface area (Å²) in [6.07, 6.45) is 1.28. The first-order chi connectivity index (χ1) is 8.16. The summed E-state index contributed by atoms with van der Waals surface area (Å²) in [6.45, 7) is 0.